The molecular weight excluding hydrogens is 252 g/mol. The van der Waals surface area contributed by atoms with E-state index in [9.17, 15) is 4.79 Å². The maximum atomic E-state index is 12.2. The number of nitrogen functional groups attached to an aromatic ring is 1. The van der Waals surface area contributed by atoms with Crippen LogP contribution in [-0.4, -0.2) is 42.0 Å². The minimum absolute atomic E-state index is 0.0859. The van der Waals surface area contributed by atoms with E-state index in [1.807, 2.05) is 6.92 Å². The number of hydrogen-bond donors (Lipinski definition) is 2. The Labute approximate surface area is 120 Å². The molecule has 1 aromatic heterocycles. The first-order chi connectivity index (χ1) is 9.44. The van der Waals surface area contributed by atoms with Crippen LogP contribution < -0.4 is 11.1 Å². The fourth-order valence-electron chi connectivity index (χ4n) is 2.93. The molecule has 3 N–H and O–H groups in total. The van der Waals surface area contributed by atoms with E-state index in [1.165, 1.54) is 12.8 Å². The number of pyridine rings is 1. The number of rotatable bonds is 4. The van der Waals surface area contributed by atoms with Gasteiger partial charge in [-0.15, -0.1) is 0 Å². The summed E-state index contributed by atoms with van der Waals surface area (Å²) in [5.74, 6) is -0.136. The van der Waals surface area contributed by atoms with Crippen LogP contribution in [0.2, 0.25) is 0 Å². The molecule has 5 nitrogen and oxygen atoms in total. The molecule has 1 amide bonds. The summed E-state index contributed by atoms with van der Waals surface area (Å²) < 4.78 is 0. The number of carbonyl (C=O) groups is 1. The summed E-state index contributed by atoms with van der Waals surface area (Å²) in [5, 5.41) is 3.02. The van der Waals surface area contributed by atoms with Crippen molar-refractivity contribution in [3.8, 4) is 0 Å². The molecule has 0 unspecified atom stereocenters. The molecule has 1 heterocycles. The number of aromatic nitrogens is 1. The van der Waals surface area contributed by atoms with Gasteiger partial charge in [-0.3, -0.25) is 9.78 Å². The quantitative estimate of drug-likeness (QED) is 0.876. The van der Waals surface area contributed by atoms with Crippen molar-refractivity contribution in [2.75, 3.05) is 26.4 Å². The molecule has 1 aliphatic carbocycles. The summed E-state index contributed by atoms with van der Waals surface area (Å²) >= 11 is 0. The average molecular weight is 276 g/mol. The van der Waals surface area contributed by atoms with Gasteiger partial charge in [-0.1, -0.05) is 12.8 Å². The minimum Gasteiger partial charge on any atom is -0.398 e. The standard InChI is InChI=1S/C15H24N4O/c1-11-8-13(16)12(9-17-11)14(20)18-10-15(19(2)3)6-4-5-7-15/h8-9H,4-7,10H2,1-3H3,(H2,16,17)(H,18,20). The second-order valence-electron chi connectivity index (χ2n) is 5.92. The SMILES string of the molecule is Cc1cc(N)c(C(=O)NCC2(N(C)C)CCCC2)cn1. The molecule has 5 heteroatoms. The fourth-order valence-corrected chi connectivity index (χ4v) is 2.93. The largest absolute Gasteiger partial charge is 0.398 e. The molecule has 0 aromatic carbocycles. The van der Waals surface area contributed by atoms with Crippen LogP contribution >= 0.6 is 0 Å². The molecule has 0 saturated heterocycles. The van der Waals surface area contributed by atoms with Crippen molar-refractivity contribution in [3.05, 3.63) is 23.5 Å². The molecule has 0 bridgehead atoms. The normalized spacial score (nSPS) is 17.4. The van der Waals surface area contributed by atoms with Crippen LogP contribution in [0.15, 0.2) is 12.3 Å². The Morgan fingerprint density at radius 3 is 2.65 bits per heavy atom. The Morgan fingerprint density at radius 1 is 1.45 bits per heavy atom. The van der Waals surface area contributed by atoms with E-state index < -0.39 is 0 Å². The Balaban J connectivity index is 2.04. The number of amides is 1. The van der Waals surface area contributed by atoms with Gasteiger partial charge in [0.1, 0.15) is 0 Å². The molecule has 0 atom stereocenters. The zero-order chi connectivity index (χ0) is 14.8. The first-order valence-electron chi connectivity index (χ1n) is 7.12. The summed E-state index contributed by atoms with van der Waals surface area (Å²) in [7, 11) is 4.17. The Kier molecular flexibility index (Phi) is 4.28. The van der Waals surface area contributed by atoms with Gasteiger partial charge in [-0.05, 0) is 39.9 Å². The highest BCUT2D eigenvalue weighted by Gasteiger charge is 2.36. The summed E-state index contributed by atoms with van der Waals surface area (Å²) in [6, 6.07) is 1.73. The van der Waals surface area contributed by atoms with E-state index in [0.717, 1.165) is 18.5 Å². The van der Waals surface area contributed by atoms with E-state index >= 15 is 0 Å². The fraction of sp³-hybridized carbons (Fsp3) is 0.600. The van der Waals surface area contributed by atoms with Crippen molar-refractivity contribution < 1.29 is 4.79 Å². The number of anilines is 1. The van der Waals surface area contributed by atoms with Crippen molar-refractivity contribution >= 4 is 11.6 Å². The van der Waals surface area contributed by atoms with Gasteiger partial charge < -0.3 is 16.0 Å². The second-order valence-corrected chi connectivity index (χ2v) is 5.92. The van der Waals surface area contributed by atoms with Crippen molar-refractivity contribution in [2.45, 2.75) is 38.1 Å². The highest BCUT2D eigenvalue weighted by atomic mass is 16.1. The van der Waals surface area contributed by atoms with Crippen LogP contribution in [0.1, 0.15) is 41.7 Å². The van der Waals surface area contributed by atoms with E-state index in [1.54, 1.807) is 12.3 Å². The number of aryl methyl sites for hydroxylation is 1. The Bertz CT molecular complexity index is 493. The van der Waals surface area contributed by atoms with Crippen LogP contribution in [-0.2, 0) is 0 Å². The molecule has 0 spiro atoms. The van der Waals surface area contributed by atoms with Gasteiger partial charge in [-0.2, -0.15) is 0 Å². The molecule has 0 aliphatic heterocycles. The van der Waals surface area contributed by atoms with Crippen molar-refractivity contribution in [3.63, 3.8) is 0 Å². The van der Waals surface area contributed by atoms with Gasteiger partial charge in [0.05, 0.1) is 5.56 Å². The maximum Gasteiger partial charge on any atom is 0.255 e. The zero-order valence-corrected chi connectivity index (χ0v) is 12.6. The number of likely N-dealkylation sites (N-methyl/N-ethyl adjacent to an activating group) is 1. The van der Waals surface area contributed by atoms with E-state index in [4.69, 9.17) is 5.73 Å². The van der Waals surface area contributed by atoms with E-state index in [0.29, 0.717) is 17.8 Å². The molecule has 110 valence electrons. The summed E-state index contributed by atoms with van der Waals surface area (Å²) in [5.41, 5.74) is 7.74. The summed E-state index contributed by atoms with van der Waals surface area (Å²) in [6.45, 7) is 2.52. The first kappa shape index (κ1) is 14.8. The smallest absolute Gasteiger partial charge is 0.255 e. The Hall–Kier alpha value is -1.62. The topological polar surface area (TPSA) is 71.2 Å². The summed E-state index contributed by atoms with van der Waals surface area (Å²) in [4.78, 5) is 18.6. The molecular formula is C15H24N4O. The van der Waals surface area contributed by atoms with Crippen LogP contribution in [0.4, 0.5) is 5.69 Å². The third-order valence-corrected chi connectivity index (χ3v) is 4.38. The minimum atomic E-state index is -0.136. The molecule has 1 aromatic rings. The zero-order valence-electron chi connectivity index (χ0n) is 12.6. The van der Waals surface area contributed by atoms with Gasteiger partial charge in [0.25, 0.3) is 5.91 Å². The molecule has 0 radical (unpaired) electrons. The average Bonchev–Trinajstić information content (AvgIpc) is 2.86. The lowest BCUT2D eigenvalue weighted by Gasteiger charge is -2.36. The highest BCUT2D eigenvalue weighted by molar-refractivity contribution is 5.98. The summed E-state index contributed by atoms with van der Waals surface area (Å²) in [6.07, 6.45) is 6.26. The van der Waals surface area contributed by atoms with Crippen LogP contribution in [0, 0.1) is 6.92 Å². The maximum absolute atomic E-state index is 12.2. The van der Waals surface area contributed by atoms with E-state index in [-0.39, 0.29) is 11.4 Å². The number of nitrogens with two attached hydrogens (primary N) is 1. The third-order valence-electron chi connectivity index (χ3n) is 4.38. The lowest BCUT2D eigenvalue weighted by atomic mass is 9.96. The predicted octanol–water partition coefficient (Wildman–Crippen LogP) is 1.58. The van der Waals surface area contributed by atoms with Crippen LogP contribution in [0.5, 0.6) is 0 Å². The molecule has 20 heavy (non-hydrogen) atoms. The third kappa shape index (κ3) is 2.93. The number of nitrogens with zero attached hydrogens (tertiary/aromatic N) is 2. The predicted molar refractivity (Wildman–Crippen MR) is 80.6 cm³/mol. The monoisotopic (exact) mass is 276 g/mol. The first-order valence-corrected chi connectivity index (χ1v) is 7.12. The molecule has 2 rings (SSSR count). The van der Waals surface area contributed by atoms with Gasteiger partial charge >= 0.3 is 0 Å². The van der Waals surface area contributed by atoms with E-state index in [2.05, 4.69) is 29.3 Å². The van der Waals surface area contributed by atoms with Crippen molar-refractivity contribution in [1.29, 1.82) is 0 Å². The molecule has 1 saturated carbocycles. The van der Waals surface area contributed by atoms with Gasteiger partial charge in [0, 0.05) is 29.7 Å². The van der Waals surface area contributed by atoms with Crippen molar-refractivity contribution in [2.24, 2.45) is 0 Å². The number of hydrogen-bond acceptors (Lipinski definition) is 4. The van der Waals surface area contributed by atoms with Gasteiger partial charge in [-0.25, -0.2) is 0 Å². The van der Waals surface area contributed by atoms with Gasteiger partial charge in [0.15, 0.2) is 0 Å². The Morgan fingerprint density at radius 2 is 2.10 bits per heavy atom. The lowest BCUT2D eigenvalue weighted by Crippen LogP contribution is -2.50. The lowest BCUT2D eigenvalue weighted by molar-refractivity contribution is 0.0900. The molecule has 1 aliphatic rings. The number of carbonyl (C=O) groups excluding carboxylic acids is 1. The van der Waals surface area contributed by atoms with Gasteiger partial charge in [0.2, 0.25) is 0 Å². The highest BCUT2D eigenvalue weighted by Crippen LogP contribution is 2.33. The number of nitrogens with one attached hydrogen (secondary N) is 1. The van der Waals surface area contributed by atoms with Crippen molar-refractivity contribution in [1.82, 2.24) is 15.2 Å². The van der Waals surface area contributed by atoms with Crippen LogP contribution in [0.3, 0.4) is 0 Å². The molecule has 1 fully saturated rings. The second kappa shape index (κ2) is 5.79. The van der Waals surface area contributed by atoms with Crippen LogP contribution in [0.25, 0.3) is 0 Å².